The number of benzene rings is 1. The quantitative estimate of drug-likeness (QED) is 0.546. The molecule has 1 aromatic carbocycles. The number of anilines is 1. The van der Waals surface area contributed by atoms with E-state index in [4.69, 9.17) is 5.21 Å². The Morgan fingerprint density at radius 2 is 1.89 bits per heavy atom. The van der Waals surface area contributed by atoms with Crippen molar-refractivity contribution in [1.29, 1.82) is 0 Å². The molecule has 0 radical (unpaired) electrons. The van der Waals surface area contributed by atoms with E-state index in [2.05, 4.69) is 44.9 Å². The van der Waals surface area contributed by atoms with Crippen molar-refractivity contribution in [2.24, 2.45) is 0 Å². The SMILES string of the molecule is CCN1CCN(C2=CCNc3c2ccn3Cc2ccc(C(=O)NO)cc2)CC1. The fraction of sp³-hybridized carbons (Fsp3) is 0.381. The summed E-state index contributed by atoms with van der Waals surface area (Å²) in [6.45, 7) is 9.26. The van der Waals surface area contributed by atoms with Gasteiger partial charge in [0.15, 0.2) is 0 Å². The third-order valence-corrected chi connectivity index (χ3v) is 5.64. The fourth-order valence-electron chi connectivity index (χ4n) is 3.99. The summed E-state index contributed by atoms with van der Waals surface area (Å²) in [5.74, 6) is 0.650. The number of fused-ring (bicyclic) bond motifs is 1. The Morgan fingerprint density at radius 3 is 2.57 bits per heavy atom. The zero-order valence-electron chi connectivity index (χ0n) is 16.2. The average molecular weight is 381 g/mol. The van der Waals surface area contributed by atoms with Crippen LogP contribution in [0, 0.1) is 0 Å². The molecule has 1 saturated heterocycles. The van der Waals surface area contributed by atoms with Crippen molar-refractivity contribution in [2.75, 3.05) is 44.6 Å². The second kappa shape index (κ2) is 8.08. The third-order valence-electron chi connectivity index (χ3n) is 5.64. The molecule has 4 rings (SSSR count). The first-order valence-electron chi connectivity index (χ1n) is 9.84. The van der Waals surface area contributed by atoms with E-state index in [0.717, 1.165) is 57.2 Å². The number of piperazine rings is 1. The molecule has 2 aliphatic heterocycles. The Kier molecular flexibility index (Phi) is 5.36. The molecule has 148 valence electrons. The summed E-state index contributed by atoms with van der Waals surface area (Å²) >= 11 is 0. The summed E-state index contributed by atoms with van der Waals surface area (Å²) in [7, 11) is 0. The Morgan fingerprint density at radius 1 is 1.14 bits per heavy atom. The predicted molar refractivity (Wildman–Crippen MR) is 109 cm³/mol. The van der Waals surface area contributed by atoms with Crippen LogP contribution < -0.4 is 10.8 Å². The highest BCUT2D eigenvalue weighted by Crippen LogP contribution is 2.32. The largest absolute Gasteiger partial charge is 0.369 e. The number of nitrogens with one attached hydrogen (secondary N) is 2. The Hall–Kier alpha value is -2.77. The van der Waals surface area contributed by atoms with Crippen LogP contribution in [0.3, 0.4) is 0 Å². The third kappa shape index (κ3) is 3.63. The standard InChI is InChI=1S/C21H27N5O2/c1-2-24-11-13-25(14-12-24)19-7-9-22-20-18(19)8-10-26(20)15-16-3-5-17(6-4-16)21(27)23-28/h3-8,10,22,28H,2,9,11-15H2,1H3,(H,23,27). The summed E-state index contributed by atoms with van der Waals surface area (Å²) in [6, 6.07) is 9.47. The van der Waals surface area contributed by atoms with Crippen molar-refractivity contribution in [3.8, 4) is 0 Å². The zero-order valence-corrected chi connectivity index (χ0v) is 16.2. The Balaban J connectivity index is 1.49. The molecule has 0 unspecified atom stereocenters. The number of hydrogen-bond acceptors (Lipinski definition) is 5. The van der Waals surface area contributed by atoms with Crippen molar-refractivity contribution in [3.63, 3.8) is 0 Å². The normalized spacial score (nSPS) is 16.9. The molecule has 0 saturated carbocycles. The van der Waals surface area contributed by atoms with E-state index in [1.54, 1.807) is 17.6 Å². The lowest BCUT2D eigenvalue weighted by Gasteiger charge is -2.38. The van der Waals surface area contributed by atoms with Gasteiger partial charge in [-0.05, 0) is 36.4 Å². The van der Waals surface area contributed by atoms with Crippen LogP contribution in [0.2, 0.25) is 0 Å². The minimum Gasteiger partial charge on any atom is -0.369 e. The molecular formula is C21H27N5O2. The van der Waals surface area contributed by atoms with Crippen molar-refractivity contribution in [2.45, 2.75) is 13.5 Å². The number of carbonyl (C=O) groups excluding carboxylic acids is 1. The van der Waals surface area contributed by atoms with Crippen LogP contribution in [-0.4, -0.2) is 64.7 Å². The molecule has 1 fully saturated rings. The molecule has 3 heterocycles. The second-order valence-corrected chi connectivity index (χ2v) is 7.24. The maximum absolute atomic E-state index is 11.5. The van der Waals surface area contributed by atoms with Crippen LogP contribution in [0.15, 0.2) is 42.6 Å². The molecule has 2 aliphatic rings. The van der Waals surface area contributed by atoms with E-state index in [1.165, 1.54) is 11.3 Å². The number of nitrogens with zero attached hydrogens (tertiary/aromatic N) is 3. The predicted octanol–water partition coefficient (Wildman–Crippen LogP) is 2.06. The number of carbonyl (C=O) groups is 1. The van der Waals surface area contributed by atoms with Crippen LogP contribution in [0.5, 0.6) is 0 Å². The Labute approximate surface area is 165 Å². The fourth-order valence-corrected chi connectivity index (χ4v) is 3.99. The monoisotopic (exact) mass is 381 g/mol. The molecule has 0 bridgehead atoms. The van der Waals surface area contributed by atoms with Gasteiger partial charge in [-0.2, -0.15) is 0 Å². The zero-order chi connectivity index (χ0) is 19.5. The van der Waals surface area contributed by atoms with Crippen molar-refractivity contribution in [3.05, 3.63) is 59.3 Å². The van der Waals surface area contributed by atoms with E-state index < -0.39 is 5.91 Å². The molecule has 1 amide bonds. The van der Waals surface area contributed by atoms with E-state index in [0.29, 0.717) is 5.56 Å². The van der Waals surface area contributed by atoms with Crippen molar-refractivity contribution >= 4 is 17.4 Å². The molecule has 3 N–H and O–H groups in total. The van der Waals surface area contributed by atoms with Crippen molar-refractivity contribution < 1.29 is 10.0 Å². The smallest absolute Gasteiger partial charge is 0.274 e. The highest BCUT2D eigenvalue weighted by Gasteiger charge is 2.24. The van der Waals surface area contributed by atoms with Gasteiger partial charge in [-0.1, -0.05) is 19.1 Å². The maximum atomic E-state index is 11.5. The topological polar surface area (TPSA) is 72.8 Å². The minimum atomic E-state index is -0.496. The molecule has 0 atom stereocenters. The molecule has 1 aromatic heterocycles. The molecule has 28 heavy (non-hydrogen) atoms. The van der Waals surface area contributed by atoms with Gasteiger partial charge in [0, 0.05) is 62.3 Å². The highest BCUT2D eigenvalue weighted by molar-refractivity contribution is 5.93. The van der Waals surface area contributed by atoms with E-state index in [-0.39, 0.29) is 0 Å². The number of aromatic nitrogens is 1. The second-order valence-electron chi connectivity index (χ2n) is 7.24. The molecule has 7 nitrogen and oxygen atoms in total. The summed E-state index contributed by atoms with van der Waals surface area (Å²) in [4.78, 5) is 16.5. The van der Waals surface area contributed by atoms with Gasteiger partial charge < -0.3 is 19.7 Å². The molecule has 2 aromatic rings. The van der Waals surface area contributed by atoms with Gasteiger partial charge in [0.1, 0.15) is 5.82 Å². The van der Waals surface area contributed by atoms with Gasteiger partial charge in [-0.25, -0.2) is 5.48 Å². The van der Waals surface area contributed by atoms with Crippen LogP contribution >= 0.6 is 0 Å². The van der Waals surface area contributed by atoms with Crippen LogP contribution in [0.4, 0.5) is 5.82 Å². The highest BCUT2D eigenvalue weighted by atomic mass is 16.5. The van der Waals surface area contributed by atoms with E-state index in [1.807, 2.05) is 12.1 Å². The van der Waals surface area contributed by atoms with Gasteiger partial charge in [0.05, 0.1) is 0 Å². The van der Waals surface area contributed by atoms with Gasteiger partial charge >= 0.3 is 0 Å². The van der Waals surface area contributed by atoms with E-state index in [9.17, 15) is 4.79 Å². The molecule has 0 aliphatic carbocycles. The van der Waals surface area contributed by atoms with E-state index >= 15 is 0 Å². The van der Waals surface area contributed by atoms with Crippen molar-refractivity contribution in [1.82, 2.24) is 19.8 Å². The summed E-state index contributed by atoms with van der Waals surface area (Å²) < 4.78 is 2.21. The first-order valence-corrected chi connectivity index (χ1v) is 9.84. The number of hydroxylamine groups is 1. The lowest BCUT2D eigenvalue weighted by atomic mass is 10.1. The molecular weight excluding hydrogens is 354 g/mol. The first kappa shape index (κ1) is 18.6. The van der Waals surface area contributed by atoms with Crippen LogP contribution in [0.25, 0.3) is 5.70 Å². The maximum Gasteiger partial charge on any atom is 0.274 e. The average Bonchev–Trinajstić information content (AvgIpc) is 3.16. The van der Waals surface area contributed by atoms with Gasteiger partial charge in [0.25, 0.3) is 5.91 Å². The van der Waals surface area contributed by atoms with Gasteiger partial charge in [-0.3, -0.25) is 10.0 Å². The Bertz CT molecular complexity index is 863. The van der Waals surface area contributed by atoms with Gasteiger partial charge in [-0.15, -0.1) is 0 Å². The number of hydrogen-bond donors (Lipinski definition) is 3. The lowest BCUT2D eigenvalue weighted by molar-refractivity contribution is 0.0706. The summed E-state index contributed by atoms with van der Waals surface area (Å²) in [5.41, 5.74) is 5.79. The van der Waals surface area contributed by atoms with Crippen LogP contribution in [0.1, 0.15) is 28.4 Å². The number of amides is 1. The number of rotatable bonds is 5. The minimum absolute atomic E-state index is 0.440. The summed E-state index contributed by atoms with van der Waals surface area (Å²) in [5, 5.41) is 12.2. The lowest BCUT2D eigenvalue weighted by Crippen LogP contribution is -2.45. The molecule has 7 heteroatoms. The summed E-state index contributed by atoms with van der Waals surface area (Å²) in [6.07, 6.45) is 4.41. The first-order chi connectivity index (χ1) is 13.7. The molecule has 0 spiro atoms. The van der Waals surface area contributed by atoms with Crippen LogP contribution in [-0.2, 0) is 6.54 Å². The number of likely N-dealkylation sites (N-methyl/N-ethyl adjacent to an activating group) is 1. The van der Waals surface area contributed by atoms with Gasteiger partial charge in [0.2, 0.25) is 0 Å².